The fourth-order valence-corrected chi connectivity index (χ4v) is 0.892. The molecule has 0 aromatic rings. The maximum absolute atomic E-state index is 9.84. The quantitative estimate of drug-likeness (QED) is 0.441. The van der Waals surface area contributed by atoms with E-state index in [1.54, 1.807) is 0 Å². The molecule has 9 heavy (non-hydrogen) atoms. The van der Waals surface area contributed by atoms with Crippen molar-refractivity contribution in [2.45, 2.75) is 20.3 Å². The van der Waals surface area contributed by atoms with Gasteiger partial charge in [0, 0.05) is 5.03 Å². The summed E-state index contributed by atoms with van der Waals surface area (Å²) in [6.07, 6.45) is 2.90. The first-order valence-electron chi connectivity index (χ1n) is 2.96. The summed E-state index contributed by atoms with van der Waals surface area (Å²) >= 11 is 5.61. The minimum atomic E-state index is 0.522. The average molecular weight is 147 g/mol. The molecule has 0 aliphatic carbocycles. The van der Waals surface area contributed by atoms with Crippen LogP contribution in [0.1, 0.15) is 20.3 Å². The Morgan fingerprint density at radius 1 is 1.67 bits per heavy atom. The Kier molecular flexibility index (Phi) is 4.41. The molecular formula is C7H11ClO. The number of carbonyl (C=O) groups is 1. The monoisotopic (exact) mass is 146 g/mol. The molecule has 0 rings (SSSR count). The highest BCUT2D eigenvalue weighted by Gasteiger charge is 1.95. The summed E-state index contributed by atoms with van der Waals surface area (Å²) < 4.78 is 0. The van der Waals surface area contributed by atoms with Crippen LogP contribution >= 0.6 is 11.6 Å². The van der Waals surface area contributed by atoms with Crippen molar-refractivity contribution in [2.75, 3.05) is 0 Å². The summed E-state index contributed by atoms with van der Waals surface area (Å²) in [6, 6.07) is 0. The van der Waals surface area contributed by atoms with Gasteiger partial charge in [-0.2, -0.15) is 0 Å². The molecule has 0 unspecified atom stereocenters. The number of carbonyl (C=O) groups excluding carboxylic acids is 1. The van der Waals surface area contributed by atoms with Gasteiger partial charge in [-0.15, -0.1) is 0 Å². The molecule has 0 atom stereocenters. The zero-order valence-corrected chi connectivity index (χ0v) is 6.48. The van der Waals surface area contributed by atoms with E-state index in [4.69, 9.17) is 11.6 Å². The number of rotatable bonds is 3. The van der Waals surface area contributed by atoms with Crippen molar-refractivity contribution in [2.24, 2.45) is 5.92 Å². The minimum absolute atomic E-state index is 0.522. The Hall–Kier alpha value is -0.300. The SMILES string of the molecule is CC(C)CC(Cl)=CC=O. The van der Waals surface area contributed by atoms with Gasteiger partial charge in [0.1, 0.15) is 6.29 Å². The van der Waals surface area contributed by atoms with Crippen LogP contribution in [0, 0.1) is 5.92 Å². The van der Waals surface area contributed by atoms with Gasteiger partial charge >= 0.3 is 0 Å². The lowest BCUT2D eigenvalue weighted by atomic mass is 10.1. The minimum Gasteiger partial charge on any atom is -0.299 e. The van der Waals surface area contributed by atoms with Crippen LogP contribution in [-0.2, 0) is 4.79 Å². The predicted octanol–water partition coefficient (Wildman–Crippen LogP) is 2.35. The maximum Gasteiger partial charge on any atom is 0.143 e. The third-order valence-electron chi connectivity index (χ3n) is 0.852. The van der Waals surface area contributed by atoms with E-state index in [1.807, 2.05) is 0 Å². The molecule has 52 valence electrons. The first-order valence-corrected chi connectivity index (χ1v) is 3.34. The normalized spacial score (nSPS) is 12.2. The molecule has 0 aliphatic rings. The molecule has 0 radical (unpaired) electrons. The molecule has 0 saturated carbocycles. The van der Waals surface area contributed by atoms with Crippen molar-refractivity contribution >= 4 is 17.9 Å². The molecule has 0 saturated heterocycles. The van der Waals surface area contributed by atoms with Crippen molar-refractivity contribution in [1.82, 2.24) is 0 Å². The number of halogens is 1. The Bertz CT molecular complexity index is 116. The highest BCUT2D eigenvalue weighted by atomic mass is 35.5. The highest BCUT2D eigenvalue weighted by Crippen LogP contribution is 2.12. The summed E-state index contributed by atoms with van der Waals surface area (Å²) in [5.74, 6) is 0.522. The van der Waals surface area contributed by atoms with E-state index in [0.29, 0.717) is 17.2 Å². The molecule has 0 spiro atoms. The van der Waals surface area contributed by atoms with Gasteiger partial charge in [0.05, 0.1) is 0 Å². The first kappa shape index (κ1) is 8.70. The zero-order valence-electron chi connectivity index (χ0n) is 5.73. The van der Waals surface area contributed by atoms with E-state index in [9.17, 15) is 4.79 Å². The van der Waals surface area contributed by atoms with Crippen molar-refractivity contribution < 1.29 is 4.79 Å². The maximum atomic E-state index is 9.84. The van der Waals surface area contributed by atoms with Gasteiger partial charge in [0.25, 0.3) is 0 Å². The van der Waals surface area contributed by atoms with Gasteiger partial charge in [0.15, 0.2) is 0 Å². The fourth-order valence-electron chi connectivity index (χ4n) is 0.532. The third kappa shape index (κ3) is 5.57. The second kappa shape index (κ2) is 4.57. The molecule has 0 aromatic carbocycles. The van der Waals surface area contributed by atoms with Crippen molar-refractivity contribution in [3.63, 3.8) is 0 Å². The second-order valence-corrected chi connectivity index (χ2v) is 2.83. The summed E-state index contributed by atoms with van der Waals surface area (Å²) in [6.45, 7) is 4.11. The second-order valence-electron chi connectivity index (χ2n) is 2.35. The van der Waals surface area contributed by atoms with Crippen LogP contribution in [-0.4, -0.2) is 6.29 Å². The van der Waals surface area contributed by atoms with Crippen molar-refractivity contribution in [1.29, 1.82) is 0 Å². The van der Waals surface area contributed by atoms with E-state index in [2.05, 4.69) is 13.8 Å². The Balaban J connectivity index is 3.61. The summed E-state index contributed by atoms with van der Waals surface area (Å²) in [4.78, 5) is 9.84. The molecular weight excluding hydrogens is 136 g/mol. The number of aldehydes is 1. The number of allylic oxidation sites excluding steroid dienone is 2. The van der Waals surface area contributed by atoms with Gasteiger partial charge < -0.3 is 0 Å². The fraction of sp³-hybridized carbons (Fsp3) is 0.571. The Morgan fingerprint density at radius 3 is 2.56 bits per heavy atom. The lowest BCUT2D eigenvalue weighted by Gasteiger charge is -1.99. The van der Waals surface area contributed by atoms with Crippen LogP contribution in [0.2, 0.25) is 0 Å². The smallest absolute Gasteiger partial charge is 0.143 e. The van der Waals surface area contributed by atoms with Gasteiger partial charge in [0.2, 0.25) is 0 Å². The first-order chi connectivity index (χ1) is 4.16. The summed E-state index contributed by atoms with van der Waals surface area (Å²) in [5.41, 5.74) is 0. The molecule has 1 nitrogen and oxygen atoms in total. The van der Waals surface area contributed by atoms with Crippen LogP contribution in [0.3, 0.4) is 0 Å². The molecule has 0 heterocycles. The zero-order chi connectivity index (χ0) is 7.28. The molecule has 0 aliphatic heterocycles. The molecule has 0 N–H and O–H groups in total. The summed E-state index contributed by atoms with van der Waals surface area (Å²) in [7, 11) is 0. The van der Waals surface area contributed by atoms with Crippen LogP contribution in [0.25, 0.3) is 0 Å². The van der Waals surface area contributed by atoms with Gasteiger partial charge in [-0.3, -0.25) is 4.79 Å². The van der Waals surface area contributed by atoms with Crippen LogP contribution in [0.5, 0.6) is 0 Å². The molecule has 0 aromatic heterocycles. The highest BCUT2D eigenvalue weighted by molar-refractivity contribution is 6.30. The van der Waals surface area contributed by atoms with Crippen LogP contribution < -0.4 is 0 Å². The standard InChI is InChI=1S/C7H11ClO/c1-6(2)5-7(8)3-4-9/h3-4,6H,5H2,1-2H3. The topological polar surface area (TPSA) is 17.1 Å². The van der Waals surface area contributed by atoms with Gasteiger partial charge in [-0.1, -0.05) is 25.4 Å². The number of hydrogen-bond acceptors (Lipinski definition) is 1. The Morgan fingerprint density at radius 2 is 2.22 bits per heavy atom. The average Bonchev–Trinajstić information content (AvgIpc) is 1.63. The van der Waals surface area contributed by atoms with E-state index in [1.165, 1.54) is 6.08 Å². The predicted molar refractivity (Wildman–Crippen MR) is 39.5 cm³/mol. The van der Waals surface area contributed by atoms with Crippen LogP contribution in [0.4, 0.5) is 0 Å². The van der Waals surface area contributed by atoms with Crippen molar-refractivity contribution in [3.8, 4) is 0 Å². The lowest BCUT2D eigenvalue weighted by molar-refractivity contribution is -0.104. The van der Waals surface area contributed by atoms with E-state index < -0.39 is 0 Å². The molecule has 2 heteroatoms. The number of hydrogen-bond donors (Lipinski definition) is 0. The third-order valence-corrected chi connectivity index (χ3v) is 1.13. The molecule has 0 fully saturated rings. The van der Waals surface area contributed by atoms with Crippen molar-refractivity contribution in [3.05, 3.63) is 11.1 Å². The lowest BCUT2D eigenvalue weighted by Crippen LogP contribution is -1.85. The van der Waals surface area contributed by atoms with Crippen LogP contribution in [0.15, 0.2) is 11.1 Å². The largest absolute Gasteiger partial charge is 0.299 e. The van der Waals surface area contributed by atoms with E-state index >= 15 is 0 Å². The Labute approximate surface area is 60.7 Å². The molecule has 0 amide bonds. The van der Waals surface area contributed by atoms with Gasteiger partial charge in [-0.25, -0.2) is 0 Å². The summed E-state index contributed by atoms with van der Waals surface area (Å²) in [5, 5.41) is 0.639. The molecule has 0 bridgehead atoms. The van der Waals surface area contributed by atoms with E-state index in [0.717, 1.165) is 6.42 Å². The van der Waals surface area contributed by atoms with E-state index in [-0.39, 0.29) is 0 Å². The van der Waals surface area contributed by atoms with Gasteiger partial charge in [-0.05, 0) is 18.4 Å².